The lowest BCUT2D eigenvalue weighted by Crippen LogP contribution is -2.73. The second kappa shape index (κ2) is 9.10. The zero-order chi connectivity index (χ0) is 31.6. The molecule has 4 bridgehead atoms. The van der Waals surface area contributed by atoms with Gasteiger partial charge in [0.15, 0.2) is 0 Å². The molecule has 9 aliphatic rings. The topological polar surface area (TPSA) is 59.5 Å². The number of carbonyl (C=O) groups is 1. The number of rotatable bonds is 1. The molecule has 2 aliphatic carbocycles. The zero-order valence-corrected chi connectivity index (χ0v) is 27.8. The third kappa shape index (κ3) is 2.99. The van der Waals surface area contributed by atoms with Crippen LogP contribution >= 0.6 is 0 Å². The molecule has 1 N–H and O–H groups in total. The summed E-state index contributed by atoms with van der Waals surface area (Å²) >= 11 is 0. The number of phenols is 1. The summed E-state index contributed by atoms with van der Waals surface area (Å²) in [5, 5.41) is 11.5. The van der Waals surface area contributed by atoms with Crippen molar-refractivity contribution >= 4 is 17.3 Å². The van der Waals surface area contributed by atoms with E-state index >= 15 is 0 Å². The van der Waals surface area contributed by atoms with Crippen molar-refractivity contribution in [3.8, 4) is 5.75 Å². The molecule has 1 unspecified atom stereocenters. The molecule has 2 spiro atoms. The van der Waals surface area contributed by atoms with Crippen molar-refractivity contribution < 1.29 is 14.6 Å². The number of carbonyl (C=O) groups excluding carboxylic acids is 1. The number of aromatic hydroxyl groups is 1. The van der Waals surface area contributed by atoms with Gasteiger partial charge in [-0.25, -0.2) is 0 Å². The Morgan fingerprint density at radius 1 is 0.872 bits per heavy atom. The van der Waals surface area contributed by atoms with Crippen LogP contribution in [0.25, 0.3) is 0 Å². The Bertz CT molecular complexity index is 1800. The maximum atomic E-state index is 14.0. The number of anilines is 2. The molecule has 0 radical (unpaired) electrons. The lowest BCUT2D eigenvalue weighted by atomic mass is 9.53. The number of benzene rings is 2. The van der Waals surface area contributed by atoms with Crippen molar-refractivity contribution in [2.45, 2.75) is 87.7 Å². The minimum absolute atomic E-state index is 0.0309. The molecule has 7 nitrogen and oxygen atoms in total. The molecule has 244 valence electrons. The highest BCUT2D eigenvalue weighted by molar-refractivity contribution is 5.98. The monoisotopic (exact) mass is 630 g/mol. The molecule has 7 fully saturated rings. The van der Waals surface area contributed by atoms with Crippen molar-refractivity contribution in [1.82, 2.24) is 9.80 Å². The van der Waals surface area contributed by atoms with Crippen LogP contribution < -0.4 is 9.80 Å². The van der Waals surface area contributed by atoms with Gasteiger partial charge in [-0.05, 0) is 87.7 Å². The lowest BCUT2D eigenvalue weighted by Gasteiger charge is -2.63. The van der Waals surface area contributed by atoms with E-state index in [2.05, 4.69) is 75.9 Å². The number of piperidine rings is 2. The van der Waals surface area contributed by atoms with E-state index in [-0.39, 0.29) is 40.7 Å². The van der Waals surface area contributed by atoms with Gasteiger partial charge in [0.05, 0.1) is 18.3 Å². The molecule has 1 amide bonds. The van der Waals surface area contributed by atoms with E-state index in [4.69, 9.17) is 4.74 Å². The second-order valence-corrected chi connectivity index (χ2v) is 16.3. The molecule has 7 heteroatoms. The number of nitrogens with zero attached hydrogens (tertiary/aromatic N) is 4. The fourth-order valence-corrected chi connectivity index (χ4v) is 14.0. The molecule has 2 aromatic rings. The van der Waals surface area contributed by atoms with Crippen molar-refractivity contribution in [3.05, 3.63) is 76.9 Å². The summed E-state index contributed by atoms with van der Waals surface area (Å²) in [7, 11) is 0. The summed E-state index contributed by atoms with van der Waals surface area (Å²) in [4.78, 5) is 24.4. The van der Waals surface area contributed by atoms with E-state index < -0.39 is 0 Å². The largest absolute Gasteiger partial charge is 0.506 e. The van der Waals surface area contributed by atoms with Crippen molar-refractivity contribution in [2.24, 2.45) is 23.7 Å². The number of amides is 1. The van der Waals surface area contributed by atoms with Gasteiger partial charge < -0.3 is 19.6 Å². The number of allylic oxidation sites excluding steroid dienone is 2. The highest BCUT2D eigenvalue weighted by Gasteiger charge is 2.74. The molecule has 11 rings (SSSR count). The van der Waals surface area contributed by atoms with Crippen molar-refractivity contribution in [1.29, 1.82) is 0 Å². The van der Waals surface area contributed by atoms with Gasteiger partial charge in [0.25, 0.3) is 0 Å². The number of ether oxygens (including phenoxy) is 1. The van der Waals surface area contributed by atoms with Gasteiger partial charge in [-0.3, -0.25) is 14.6 Å². The Morgan fingerprint density at radius 3 is 2.26 bits per heavy atom. The van der Waals surface area contributed by atoms with Gasteiger partial charge in [-0.15, -0.1) is 0 Å². The van der Waals surface area contributed by atoms with Crippen LogP contribution in [0.1, 0.15) is 57.6 Å². The Labute approximate surface area is 277 Å². The van der Waals surface area contributed by atoms with Crippen LogP contribution in [0.15, 0.2) is 65.8 Å². The van der Waals surface area contributed by atoms with Crippen LogP contribution in [0.5, 0.6) is 5.75 Å². The summed E-state index contributed by atoms with van der Waals surface area (Å²) < 4.78 is 7.46. The number of fused-ring (bicyclic) bond motifs is 6. The molecule has 47 heavy (non-hydrogen) atoms. The minimum Gasteiger partial charge on any atom is -0.506 e. The Balaban J connectivity index is 1.14. The zero-order valence-electron chi connectivity index (χ0n) is 27.8. The van der Waals surface area contributed by atoms with Gasteiger partial charge in [0.2, 0.25) is 5.91 Å². The average molecular weight is 631 g/mol. The minimum atomic E-state index is -0.220. The Hall–Kier alpha value is -3.13. The molecule has 7 heterocycles. The first-order chi connectivity index (χ1) is 22.9. The third-order valence-corrected chi connectivity index (χ3v) is 15.3. The van der Waals surface area contributed by atoms with Crippen LogP contribution in [0.4, 0.5) is 11.4 Å². The number of hydrogen-bond donors (Lipinski definition) is 1. The standard InChI is InChI=1S/C40H46N4O3/c1-4-23-19-41-15-13-39-28-9-6-7-11-30(28)44-36(39)27(25(23)17-32(39)41)21-47-38(44)34-26-18-33-40(14-16-42(33)20-24(26)5-2)29-10-8-12-31(46)35(29)43(22(3)45)37(34)40/h4-12,25-27,32-34,36-38,46H,13-21H2,1-3H3/t25-,26-,27-,32-,33-,34+,36-,37?,38-,39+,40+/m0/s1. The van der Waals surface area contributed by atoms with Crippen LogP contribution in [0, 0.1) is 23.7 Å². The summed E-state index contributed by atoms with van der Waals surface area (Å²) in [5.41, 5.74) is 7.87. The van der Waals surface area contributed by atoms with Gasteiger partial charge in [-0.1, -0.05) is 53.6 Å². The van der Waals surface area contributed by atoms with Gasteiger partial charge in [0.1, 0.15) is 12.0 Å². The molecular formula is C40H46N4O3. The molecule has 7 aliphatic heterocycles. The highest BCUT2D eigenvalue weighted by Crippen LogP contribution is 2.69. The first-order valence-electron chi connectivity index (χ1n) is 18.3. The maximum Gasteiger partial charge on any atom is 0.224 e. The predicted molar refractivity (Wildman–Crippen MR) is 182 cm³/mol. The fourth-order valence-electron chi connectivity index (χ4n) is 14.0. The summed E-state index contributed by atoms with van der Waals surface area (Å²) in [6.07, 6.45) is 9.17. The molecule has 0 aromatic heterocycles. The van der Waals surface area contributed by atoms with E-state index in [1.165, 1.54) is 29.7 Å². The maximum absolute atomic E-state index is 14.0. The van der Waals surface area contributed by atoms with Crippen LogP contribution in [0.3, 0.4) is 0 Å². The first kappa shape index (κ1) is 27.8. The smallest absolute Gasteiger partial charge is 0.224 e. The van der Waals surface area contributed by atoms with E-state index in [1.807, 2.05) is 6.07 Å². The van der Waals surface area contributed by atoms with E-state index in [9.17, 15) is 9.90 Å². The Kier molecular flexibility index (Phi) is 5.38. The first-order valence-corrected chi connectivity index (χ1v) is 18.3. The lowest BCUT2D eigenvalue weighted by molar-refractivity contribution is -0.129. The van der Waals surface area contributed by atoms with Crippen LogP contribution in [-0.4, -0.2) is 84.0 Å². The summed E-state index contributed by atoms with van der Waals surface area (Å²) in [6.45, 7) is 11.2. The van der Waals surface area contributed by atoms with Crippen molar-refractivity contribution in [3.63, 3.8) is 0 Å². The molecule has 2 aromatic carbocycles. The summed E-state index contributed by atoms with van der Waals surface area (Å²) in [5.74, 6) is 1.68. The van der Waals surface area contributed by atoms with Crippen LogP contribution in [-0.2, 0) is 20.4 Å². The number of hydrogen-bond acceptors (Lipinski definition) is 6. The molecule has 5 saturated heterocycles. The molecule has 11 atom stereocenters. The van der Waals surface area contributed by atoms with E-state index in [0.29, 0.717) is 35.9 Å². The molecule has 2 saturated carbocycles. The van der Waals surface area contributed by atoms with Gasteiger partial charge in [-0.2, -0.15) is 0 Å². The van der Waals surface area contributed by atoms with Gasteiger partial charge in [0, 0.05) is 66.5 Å². The second-order valence-electron chi connectivity index (χ2n) is 16.3. The number of phenolic OH excluding ortho intramolecular Hbond substituents is 1. The Morgan fingerprint density at radius 2 is 1.53 bits per heavy atom. The summed E-state index contributed by atoms with van der Waals surface area (Å²) in [6, 6.07) is 16.6. The van der Waals surface area contributed by atoms with Gasteiger partial charge >= 0.3 is 0 Å². The molecular weight excluding hydrogens is 584 g/mol. The quantitative estimate of drug-likeness (QED) is 0.438. The predicted octanol–water partition coefficient (Wildman–Crippen LogP) is 5.19. The van der Waals surface area contributed by atoms with E-state index in [0.717, 1.165) is 51.3 Å². The van der Waals surface area contributed by atoms with Crippen molar-refractivity contribution in [2.75, 3.05) is 42.6 Å². The fraction of sp³-hybridized carbons (Fsp3) is 0.575. The van der Waals surface area contributed by atoms with Crippen LogP contribution in [0.2, 0.25) is 0 Å². The third-order valence-electron chi connectivity index (χ3n) is 15.3. The SMILES string of the molecule is CC=C1CN2CC[C@]34c5ccccc5N5[C@H]3[C@@H](CO[C@H]5[C@H]3C5N(C(C)=O)c6c(O)cccc6[C@@]56CCN5CC(=CC)[C@@H]3C[C@H]56)[C@H]1C[C@H]24. The number of para-hydroxylation sites is 2. The highest BCUT2D eigenvalue weighted by atomic mass is 16.5. The average Bonchev–Trinajstić information content (AvgIpc) is 3.84. The normalized spacial score (nSPS) is 45.3. The van der Waals surface area contributed by atoms with E-state index in [1.54, 1.807) is 24.1 Å².